The monoisotopic (exact) mass is 246 g/mol. The molecule has 0 saturated carbocycles. The van der Waals surface area contributed by atoms with Crippen LogP contribution in [0.5, 0.6) is 0 Å². The average Bonchev–Trinajstić information content (AvgIpc) is 2.11. The summed E-state index contributed by atoms with van der Waals surface area (Å²) < 4.78 is 12.2. The third kappa shape index (κ3) is 15.9. The van der Waals surface area contributed by atoms with Crippen LogP contribution in [0.4, 0.5) is 0 Å². The molecule has 0 aromatic carbocycles. The summed E-state index contributed by atoms with van der Waals surface area (Å²) >= 11 is 0. The van der Waals surface area contributed by atoms with E-state index in [0.717, 1.165) is 43.8 Å². The van der Waals surface area contributed by atoms with Crippen molar-refractivity contribution in [3.63, 3.8) is 0 Å². The van der Waals surface area contributed by atoms with Crippen LogP contribution in [0, 0.1) is 5.41 Å². The van der Waals surface area contributed by atoms with Gasteiger partial charge in [0.25, 0.3) is 0 Å². The maximum absolute atomic E-state index is 5.58. The van der Waals surface area contributed by atoms with Gasteiger partial charge in [-0.15, -0.1) is 0 Å². The Hall–Kier alpha value is -0.120. The molecule has 0 radical (unpaired) electrons. The van der Waals surface area contributed by atoms with Crippen molar-refractivity contribution in [2.24, 2.45) is 5.41 Å². The molecule has 0 amide bonds. The zero-order chi connectivity index (χ0) is 13.4. The second-order valence-corrected chi connectivity index (χ2v) is 6.95. The molecule has 104 valence electrons. The summed E-state index contributed by atoms with van der Waals surface area (Å²) in [6.07, 6.45) is 2.13. The number of hydrogen-bond donors (Lipinski definition) is 0. The van der Waals surface area contributed by atoms with Crippen LogP contribution in [0.15, 0.2) is 0 Å². The molecular formula is C14H32NO2+. The third-order valence-electron chi connectivity index (χ3n) is 2.23. The van der Waals surface area contributed by atoms with Crippen molar-refractivity contribution in [1.29, 1.82) is 0 Å². The van der Waals surface area contributed by atoms with E-state index in [1.165, 1.54) is 6.54 Å². The molecule has 0 aliphatic rings. The smallest absolute Gasteiger partial charge is 0.0802 e. The maximum atomic E-state index is 5.58. The number of quaternary nitrogens is 1. The van der Waals surface area contributed by atoms with Crippen LogP contribution < -0.4 is 0 Å². The average molecular weight is 246 g/mol. The van der Waals surface area contributed by atoms with Crippen molar-refractivity contribution in [2.45, 2.75) is 33.6 Å². The molecule has 0 aliphatic carbocycles. The summed E-state index contributed by atoms with van der Waals surface area (Å²) in [5.74, 6) is 0. The van der Waals surface area contributed by atoms with E-state index in [1.807, 2.05) is 0 Å². The van der Waals surface area contributed by atoms with Crippen LogP contribution >= 0.6 is 0 Å². The first-order valence-corrected chi connectivity index (χ1v) is 6.67. The van der Waals surface area contributed by atoms with Gasteiger partial charge in [-0.05, 0) is 11.8 Å². The fraction of sp³-hybridized carbons (Fsp3) is 1.00. The molecule has 0 heterocycles. The Morgan fingerprint density at radius 3 is 1.88 bits per heavy atom. The highest BCUT2D eigenvalue weighted by Crippen LogP contribution is 2.12. The van der Waals surface area contributed by atoms with Gasteiger partial charge in [0, 0.05) is 19.6 Å². The molecule has 17 heavy (non-hydrogen) atoms. The molecule has 3 nitrogen and oxygen atoms in total. The SMILES string of the molecule is CC(C)(C)COCCCOCCC[N+](C)(C)C. The van der Waals surface area contributed by atoms with E-state index in [1.54, 1.807) is 0 Å². The standard InChI is InChI=1S/C14H32NO2/c1-14(2,3)13-17-12-8-11-16-10-7-9-15(4,5)6/h7-13H2,1-6H3/q+1. The van der Waals surface area contributed by atoms with E-state index >= 15 is 0 Å². The van der Waals surface area contributed by atoms with Crippen molar-refractivity contribution < 1.29 is 14.0 Å². The first-order valence-electron chi connectivity index (χ1n) is 6.67. The summed E-state index contributed by atoms with van der Waals surface area (Å²) in [6, 6.07) is 0. The molecule has 0 atom stereocenters. The molecule has 0 aromatic heterocycles. The van der Waals surface area contributed by atoms with E-state index in [2.05, 4.69) is 41.9 Å². The number of ether oxygens (including phenoxy) is 2. The van der Waals surface area contributed by atoms with E-state index in [-0.39, 0.29) is 5.41 Å². The van der Waals surface area contributed by atoms with Crippen LogP contribution in [0.1, 0.15) is 33.6 Å². The quantitative estimate of drug-likeness (QED) is 0.460. The summed E-state index contributed by atoms with van der Waals surface area (Å²) in [4.78, 5) is 0. The summed E-state index contributed by atoms with van der Waals surface area (Å²) in [7, 11) is 6.63. The van der Waals surface area contributed by atoms with Gasteiger partial charge in [-0.1, -0.05) is 20.8 Å². The predicted molar refractivity (Wildman–Crippen MR) is 73.2 cm³/mol. The lowest BCUT2D eigenvalue weighted by molar-refractivity contribution is -0.870. The van der Waals surface area contributed by atoms with Gasteiger partial charge in [0.1, 0.15) is 0 Å². The minimum absolute atomic E-state index is 0.269. The lowest BCUT2D eigenvalue weighted by atomic mass is 9.99. The second kappa shape index (κ2) is 8.06. The first kappa shape index (κ1) is 16.9. The summed E-state index contributed by atoms with van der Waals surface area (Å²) in [5, 5.41) is 0. The Kier molecular flexibility index (Phi) is 8.01. The van der Waals surface area contributed by atoms with E-state index in [0.29, 0.717) is 0 Å². The van der Waals surface area contributed by atoms with Gasteiger partial charge in [-0.3, -0.25) is 0 Å². The van der Waals surface area contributed by atoms with Crippen molar-refractivity contribution in [3.05, 3.63) is 0 Å². The molecule has 0 rings (SSSR count). The lowest BCUT2D eigenvalue weighted by Crippen LogP contribution is -2.35. The Balaban J connectivity index is 3.15. The summed E-state index contributed by atoms with van der Waals surface area (Å²) in [6.45, 7) is 11.1. The molecule has 0 aromatic rings. The molecule has 0 fully saturated rings. The van der Waals surface area contributed by atoms with Crippen LogP contribution in [0.2, 0.25) is 0 Å². The van der Waals surface area contributed by atoms with Crippen LogP contribution in [0.25, 0.3) is 0 Å². The minimum atomic E-state index is 0.269. The number of nitrogens with zero attached hydrogens (tertiary/aromatic N) is 1. The molecule has 0 saturated heterocycles. The van der Waals surface area contributed by atoms with E-state index < -0.39 is 0 Å². The van der Waals surface area contributed by atoms with Gasteiger partial charge >= 0.3 is 0 Å². The minimum Gasteiger partial charge on any atom is -0.381 e. The predicted octanol–water partition coefficient (Wildman–Crippen LogP) is 2.55. The molecule has 0 unspecified atom stereocenters. The third-order valence-corrected chi connectivity index (χ3v) is 2.23. The Bertz CT molecular complexity index is 160. The Morgan fingerprint density at radius 1 is 0.824 bits per heavy atom. The molecule has 0 bridgehead atoms. The van der Waals surface area contributed by atoms with Crippen LogP contribution in [0.3, 0.4) is 0 Å². The van der Waals surface area contributed by atoms with Crippen molar-refractivity contribution in [1.82, 2.24) is 0 Å². The Morgan fingerprint density at radius 2 is 1.35 bits per heavy atom. The fourth-order valence-corrected chi connectivity index (χ4v) is 1.38. The lowest BCUT2D eigenvalue weighted by Gasteiger charge is -2.23. The second-order valence-electron chi connectivity index (χ2n) is 6.95. The summed E-state index contributed by atoms with van der Waals surface area (Å²) in [5.41, 5.74) is 0.269. The van der Waals surface area contributed by atoms with Gasteiger partial charge in [-0.25, -0.2) is 0 Å². The molecular weight excluding hydrogens is 214 g/mol. The van der Waals surface area contributed by atoms with Crippen LogP contribution in [-0.2, 0) is 9.47 Å². The van der Waals surface area contributed by atoms with Crippen LogP contribution in [-0.4, -0.2) is 58.6 Å². The van der Waals surface area contributed by atoms with Gasteiger partial charge in [-0.2, -0.15) is 0 Å². The van der Waals surface area contributed by atoms with Crippen molar-refractivity contribution in [2.75, 3.05) is 54.1 Å². The molecule has 0 N–H and O–H groups in total. The maximum Gasteiger partial charge on any atom is 0.0802 e. The highest BCUT2D eigenvalue weighted by Gasteiger charge is 2.09. The van der Waals surface area contributed by atoms with E-state index in [4.69, 9.17) is 9.47 Å². The first-order chi connectivity index (χ1) is 7.71. The van der Waals surface area contributed by atoms with Gasteiger partial charge in [0.05, 0.1) is 40.9 Å². The normalized spacial score (nSPS) is 13.1. The van der Waals surface area contributed by atoms with Gasteiger partial charge < -0.3 is 14.0 Å². The zero-order valence-corrected chi connectivity index (χ0v) is 12.7. The number of hydrogen-bond acceptors (Lipinski definition) is 2. The number of rotatable bonds is 9. The fourth-order valence-electron chi connectivity index (χ4n) is 1.38. The van der Waals surface area contributed by atoms with E-state index in [9.17, 15) is 0 Å². The highest BCUT2D eigenvalue weighted by molar-refractivity contribution is 4.58. The molecule has 0 spiro atoms. The highest BCUT2D eigenvalue weighted by atomic mass is 16.5. The van der Waals surface area contributed by atoms with Gasteiger partial charge in [0.2, 0.25) is 0 Å². The van der Waals surface area contributed by atoms with Gasteiger partial charge in [0.15, 0.2) is 0 Å². The zero-order valence-electron chi connectivity index (χ0n) is 12.7. The molecule has 0 aliphatic heterocycles. The molecule has 3 heteroatoms. The Labute approximate surface area is 108 Å². The van der Waals surface area contributed by atoms with Crippen molar-refractivity contribution in [3.8, 4) is 0 Å². The topological polar surface area (TPSA) is 18.5 Å². The van der Waals surface area contributed by atoms with Crippen molar-refractivity contribution >= 4 is 0 Å². The largest absolute Gasteiger partial charge is 0.381 e.